The Labute approximate surface area is 208 Å². The van der Waals surface area contributed by atoms with Crippen LogP contribution in [0.4, 0.5) is 23.4 Å². The number of aromatic nitrogens is 4. The van der Waals surface area contributed by atoms with Crippen LogP contribution in [0.5, 0.6) is 11.5 Å². The molecule has 36 heavy (non-hydrogen) atoms. The Morgan fingerprint density at radius 3 is 2.17 bits per heavy atom. The van der Waals surface area contributed by atoms with Crippen LogP contribution in [0.2, 0.25) is 0 Å². The molecule has 12 nitrogen and oxygen atoms in total. The lowest BCUT2D eigenvalue weighted by molar-refractivity contribution is 0.354. The molecule has 0 amide bonds. The topological polar surface area (TPSA) is 194 Å². The first-order valence-corrected chi connectivity index (χ1v) is 11.9. The summed E-state index contributed by atoms with van der Waals surface area (Å²) in [5.41, 5.74) is 19.1. The van der Waals surface area contributed by atoms with Crippen molar-refractivity contribution in [3.8, 4) is 11.5 Å². The van der Waals surface area contributed by atoms with Gasteiger partial charge in [-0.15, -0.1) is 0 Å². The molecule has 0 saturated carbocycles. The van der Waals surface area contributed by atoms with E-state index in [1.54, 1.807) is 26.5 Å². The molecule has 188 valence electrons. The lowest BCUT2D eigenvalue weighted by Gasteiger charge is -2.10. The first kappa shape index (κ1) is 26.0. The second-order valence-electron chi connectivity index (χ2n) is 7.25. The van der Waals surface area contributed by atoms with Gasteiger partial charge in [0.1, 0.15) is 5.82 Å². The summed E-state index contributed by atoms with van der Waals surface area (Å²) in [7, 11) is -0.461. The van der Waals surface area contributed by atoms with Crippen molar-refractivity contribution in [2.75, 3.05) is 36.1 Å². The predicted molar refractivity (Wildman–Crippen MR) is 137 cm³/mol. The van der Waals surface area contributed by atoms with E-state index in [1.807, 2.05) is 18.2 Å². The molecule has 2 aromatic heterocycles. The third-order valence-corrected chi connectivity index (χ3v) is 6.09. The monoisotopic (exact) mass is 510 g/mol. The maximum atomic E-state index is 11.9. The van der Waals surface area contributed by atoms with Crippen molar-refractivity contribution in [3.63, 3.8) is 0 Å². The minimum absolute atomic E-state index is 0.0318. The van der Waals surface area contributed by atoms with E-state index in [0.717, 1.165) is 11.1 Å². The molecule has 0 fully saturated rings. The standard InChI is InChI=1S/C13H16N4O2.C10H10N4O2S/c1-18-10-4-3-8(6-11(10)19-2)5-9-7-16-13(15)17-12(9)14;11-8-2-4-9(5-3-8)17(15,16)14-10-12-6-1-7-13-10/h3-4,6-7H,5H2,1-2H3,(H4,14,15,16,17);1-7H,11H2,(H,12,13,14). The number of methoxy groups -OCH3 is 2. The molecule has 0 unspecified atom stereocenters. The number of ether oxygens (including phenoxy) is 2. The highest BCUT2D eigenvalue weighted by Crippen LogP contribution is 2.29. The molecule has 4 aromatic rings. The van der Waals surface area contributed by atoms with E-state index in [-0.39, 0.29) is 16.8 Å². The minimum Gasteiger partial charge on any atom is -0.493 e. The van der Waals surface area contributed by atoms with Crippen LogP contribution in [-0.2, 0) is 16.4 Å². The molecule has 0 bridgehead atoms. The molecular formula is C23H26N8O4S. The zero-order valence-electron chi connectivity index (χ0n) is 19.6. The number of nitrogens with zero attached hydrogens (tertiary/aromatic N) is 4. The van der Waals surface area contributed by atoms with Crippen LogP contribution in [0.15, 0.2) is 72.0 Å². The average Bonchev–Trinajstić information content (AvgIpc) is 2.86. The summed E-state index contributed by atoms with van der Waals surface area (Å²) in [4.78, 5) is 15.5. The summed E-state index contributed by atoms with van der Waals surface area (Å²) < 4.78 is 36.5. The molecule has 0 aliphatic rings. The van der Waals surface area contributed by atoms with E-state index >= 15 is 0 Å². The van der Waals surface area contributed by atoms with Gasteiger partial charge in [-0.25, -0.2) is 28.1 Å². The van der Waals surface area contributed by atoms with Crippen molar-refractivity contribution in [1.29, 1.82) is 0 Å². The number of anilines is 4. The smallest absolute Gasteiger partial charge is 0.264 e. The summed E-state index contributed by atoms with van der Waals surface area (Å²) in [6.45, 7) is 0. The number of nitrogen functional groups attached to an aromatic ring is 3. The van der Waals surface area contributed by atoms with Gasteiger partial charge in [-0.2, -0.15) is 4.98 Å². The molecule has 7 N–H and O–H groups in total. The predicted octanol–water partition coefficient (Wildman–Crippen LogP) is 2.11. The van der Waals surface area contributed by atoms with Gasteiger partial charge in [0.2, 0.25) is 11.9 Å². The van der Waals surface area contributed by atoms with Gasteiger partial charge in [0.05, 0.1) is 19.1 Å². The lowest BCUT2D eigenvalue weighted by atomic mass is 10.1. The number of nitrogens with two attached hydrogens (primary N) is 3. The van der Waals surface area contributed by atoms with Gasteiger partial charge in [-0.3, -0.25) is 0 Å². The first-order valence-electron chi connectivity index (χ1n) is 10.4. The fourth-order valence-corrected chi connectivity index (χ4v) is 3.92. The van der Waals surface area contributed by atoms with Crippen molar-refractivity contribution in [2.45, 2.75) is 11.3 Å². The molecule has 0 saturated heterocycles. The van der Waals surface area contributed by atoms with Gasteiger partial charge in [-0.1, -0.05) is 6.07 Å². The zero-order chi connectivity index (χ0) is 26.1. The van der Waals surface area contributed by atoms with E-state index in [2.05, 4.69) is 24.7 Å². The molecule has 0 atom stereocenters. The number of sulfonamides is 1. The second-order valence-corrected chi connectivity index (χ2v) is 8.93. The number of rotatable bonds is 7. The van der Waals surface area contributed by atoms with Gasteiger partial charge < -0.3 is 26.7 Å². The first-order chi connectivity index (χ1) is 17.2. The lowest BCUT2D eigenvalue weighted by Crippen LogP contribution is -2.14. The van der Waals surface area contributed by atoms with Crippen molar-refractivity contribution >= 4 is 33.4 Å². The largest absolute Gasteiger partial charge is 0.493 e. The SMILES string of the molecule is COc1ccc(Cc2cnc(N)nc2N)cc1OC.Nc1ccc(S(=O)(=O)Nc2ncccn2)cc1. The summed E-state index contributed by atoms with van der Waals surface area (Å²) in [5, 5.41) is 0. The van der Waals surface area contributed by atoms with Gasteiger partial charge in [0.15, 0.2) is 11.5 Å². The van der Waals surface area contributed by atoms with Gasteiger partial charge >= 0.3 is 0 Å². The van der Waals surface area contributed by atoms with Crippen molar-refractivity contribution < 1.29 is 17.9 Å². The van der Waals surface area contributed by atoms with Crippen LogP contribution in [0, 0.1) is 0 Å². The van der Waals surface area contributed by atoms with Crippen molar-refractivity contribution in [1.82, 2.24) is 19.9 Å². The van der Waals surface area contributed by atoms with E-state index in [4.69, 9.17) is 26.7 Å². The molecule has 0 spiro atoms. The summed E-state index contributed by atoms with van der Waals surface area (Å²) in [5.74, 6) is 1.96. The Morgan fingerprint density at radius 2 is 1.56 bits per heavy atom. The molecule has 2 heterocycles. The van der Waals surface area contributed by atoms with Crippen LogP contribution in [0.25, 0.3) is 0 Å². The number of nitrogens with one attached hydrogen (secondary N) is 1. The number of hydrogen-bond acceptors (Lipinski definition) is 11. The highest BCUT2D eigenvalue weighted by atomic mass is 32.2. The Morgan fingerprint density at radius 1 is 0.889 bits per heavy atom. The van der Waals surface area contributed by atoms with Crippen molar-refractivity contribution in [3.05, 3.63) is 78.2 Å². The van der Waals surface area contributed by atoms with E-state index in [1.165, 1.54) is 36.7 Å². The number of benzene rings is 2. The fraction of sp³-hybridized carbons (Fsp3) is 0.130. The van der Waals surface area contributed by atoms with E-state index in [9.17, 15) is 8.42 Å². The highest BCUT2D eigenvalue weighted by molar-refractivity contribution is 7.92. The van der Waals surface area contributed by atoms with Crippen LogP contribution in [0.3, 0.4) is 0 Å². The van der Waals surface area contributed by atoms with E-state index in [0.29, 0.717) is 29.4 Å². The average molecular weight is 511 g/mol. The second kappa shape index (κ2) is 11.7. The van der Waals surface area contributed by atoms with E-state index < -0.39 is 10.0 Å². The van der Waals surface area contributed by atoms with Crippen LogP contribution in [0.1, 0.15) is 11.1 Å². The van der Waals surface area contributed by atoms with Gasteiger partial charge in [0.25, 0.3) is 10.0 Å². The third-order valence-electron chi connectivity index (χ3n) is 4.74. The zero-order valence-corrected chi connectivity index (χ0v) is 20.4. The summed E-state index contributed by atoms with van der Waals surface area (Å²) in [6, 6.07) is 13.2. The normalized spacial score (nSPS) is 10.6. The van der Waals surface area contributed by atoms with Crippen molar-refractivity contribution in [2.24, 2.45) is 0 Å². The number of hydrogen-bond donors (Lipinski definition) is 4. The third kappa shape index (κ3) is 6.93. The Balaban J connectivity index is 0.000000202. The molecule has 0 aliphatic carbocycles. The quantitative estimate of drug-likeness (QED) is 0.266. The van der Waals surface area contributed by atoms with Crippen LogP contribution >= 0.6 is 0 Å². The Kier molecular flexibility index (Phi) is 8.41. The molecule has 4 rings (SSSR count). The summed E-state index contributed by atoms with van der Waals surface area (Å²) >= 11 is 0. The molecular weight excluding hydrogens is 484 g/mol. The van der Waals surface area contributed by atoms with Crippen LogP contribution < -0.4 is 31.4 Å². The van der Waals surface area contributed by atoms with Crippen LogP contribution in [-0.4, -0.2) is 42.6 Å². The van der Waals surface area contributed by atoms with Gasteiger partial charge in [0, 0.05) is 36.3 Å². The fourth-order valence-electron chi connectivity index (χ4n) is 2.96. The maximum Gasteiger partial charge on any atom is 0.264 e. The minimum atomic E-state index is -3.66. The molecule has 0 radical (unpaired) electrons. The maximum absolute atomic E-state index is 11.9. The molecule has 13 heteroatoms. The van der Waals surface area contributed by atoms with Gasteiger partial charge in [-0.05, 0) is 48.0 Å². The Bertz CT molecular complexity index is 1400. The molecule has 0 aliphatic heterocycles. The summed E-state index contributed by atoms with van der Waals surface area (Å²) in [6.07, 6.45) is 5.14. The Hall–Kier alpha value is -4.65. The molecule has 2 aromatic carbocycles. The highest BCUT2D eigenvalue weighted by Gasteiger charge is 2.14.